The molecule has 2 aromatic rings. The Morgan fingerprint density at radius 1 is 1.24 bits per heavy atom. The van der Waals surface area contributed by atoms with Crippen molar-refractivity contribution in [2.45, 2.75) is 36.7 Å². The van der Waals surface area contributed by atoms with Gasteiger partial charge in [-0.25, -0.2) is 4.79 Å². The van der Waals surface area contributed by atoms with Gasteiger partial charge in [0.25, 0.3) is 11.5 Å². The molecule has 2 aliphatic heterocycles. The van der Waals surface area contributed by atoms with Crippen molar-refractivity contribution in [3.8, 4) is 5.75 Å². The number of aromatic amines is 1. The number of methoxy groups -OCH3 is 1. The minimum atomic E-state index is -3.77. The van der Waals surface area contributed by atoms with Crippen LogP contribution in [0.5, 0.6) is 5.75 Å². The number of anilines is 1. The van der Waals surface area contributed by atoms with E-state index < -0.39 is 28.6 Å². The van der Waals surface area contributed by atoms with Gasteiger partial charge in [0.15, 0.2) is 0 Å². The Morgan fingerprint density at radius 3 is 2.41 bits per heavy atom. The maximum absolute atomic E-state index is 13.5. The van der Waals surface area contributed by atoms with Gasteiger partial charge in [-0.2, -0.15) is 8.78 Å². The van der Waals surface area contributed by atoms with E-state index in [1.165, 1.54) is 16.9 Å². The molecule has 1 aromatic heterocycles. The molecule has 2 amide bonds. The molecule has 4 rings (SSSR count). The molecule has 0 unspecified atom stereocenters. The molecule has 0 atom stereocenters. The Bertz CT molecular complexity index is 1280. The number of cyclic esters (lactones) is 1. The third-order valence-electron chi connectivity index (χ3n) is 5.51. The van der Waals surface area contributed by atoms with Crippen LogP contribution in [0.15, 0.2) is 39.5 Å². The number of aromatic nitrogens is 1. The minimum absolute atomic E-state index is 0.101. The molecule has 1 fully saturated rings. The number of carbonyl (C=O) groups is 2. The second kappa shape index (κ2) is 11.7. The standard InChI is InChI=1S/C21H20ClF2N3O5S.C3H5Cl/c1-31-14-7-12-10-26(9-11(12)6-13(14)27-4-3-5-32-20(27)30)19(29)17-15(33-2)8-16(21(22,23)24)25-18(17)28;1-3(2)4/h6-8H,3-5,9-10H2,1-2H3,(H,25,28);1H2,2H3. The van der Waals surface area contributed by atoms with Crippen LogP contribution in [-0.2, 0) is 23.2 Å². The molecule has 0 bridgehead atoms. The fraction of sp³-hybridized carbons (Fsp3) is 0.375. The molecule has 3 heterocycles. The van der Waals surface area contributed by atoms with E-state index in [1.807, 2.05) is 4.98 Å². The van der Waals surface area contributed by atoms with Gasteiger partial charge in [0, 0.05) is 29.6 Å². The normalized spacial score (nSPS) is 14.9. The third kappa shape index (κ3) is 6.58. The molecule has 200 valence electrons. The zero-order valence-electron chi connectivity index (χ0n) is 20.3. The fourth-order valence-electron chi connectivity index (χ4n) is 3.91. The van der Waals surface area contributed by atoms with Gasteiger partial charge >= 0.3 is 11.5 Å². The number of nitrogens with zero attached hydrogens (tertiary/aromatic N) is 2. The van der Waals surface area contributed by atoms with Gasteiger partial charge in [0.05, 0.1) is 19.4 Å². The lowest BCUT2D eigenvalue weighted by Crippen LogP contribution is -2.38. The van der Waals surface area contributed by atoms with Crippen molar-refractivity contribution in [2.75, 3.05) is 31.4 Å². The van der Waals surface area contributed by atoms with Crippen LogP contribution in [0.25, 0.3) is 0 Å². The maximum atomic E-state index is 13.5. The predicted octanol–water partition coefficient (Wildman–Crippen LogP) is 5.66. The van der Waals surface area contributed by atoms with Crippen LogP contribution in [0.4, 0.5) is 19.3 Å². The predicted molar refractivity (Wildman–Crippen MR) is 139 cm³/mol. The highest BCUT2D eigenvalue weighted by Gasteiger charge is 2.34. The number of thioether (sulfide) groups is 1. The molecule has 0 radical (unpaired) electrons. The van der Waals surface area contributed by atoms with Crippen molar-refractivity contribution in [1.82, 2.24) is 9.88 Å². The van der Waals surface area contributed by atoms with Gasteiger partial charge in [0.2, 0.25) is 0 Å². The van der Waals surface area contributed by atoms with E-state index in [0.717, 1.165) is 29.0 Å². The highest BCUT2D eigenvalue weighted by molar-refractivity contribution is 7.98. The van der Waals surface area contributed by atoms with Gasteiger partial charge in [-0.3, -0.25) is 14.5 Å². The number of benzene rings is 1. The number of hydrogen-bond acceptors (Lipinski definition) is 6. The lowest BCUT2D eigenvalue weighted by atomic mass is 10.1. The van der Waals surface area contributed by atoms with Crippen LogP contribution < -0.4 is 15.2 Å². The van der Waals surface area contributed by atoms with Crippen LogP contribution in [0.3, 0.4) is 0 Å². The SMILES string of the molecule is C=C(C)Cl.COc1cc2c(cc1N1CCCOC1=O)CN(C(=O)c1c(SC)cc(C(F)(F)Cl)[nH]c1=O)C2. The smallest absolute Gasteiger partial charge is 0.414 e. The zero-order chi connectivity index (χ0) is 27.5. The summed E-state index contributed by atoms with van der Waals surface area (Å²) in [7, 11) is 1.48. The van der Waals surface area contributed by atoms with Gasteiger partial charge in [0.1, 0.15) is 17.0 Å². The highest BCUT2D eigenvalue weighted by atomic mass is 35.5. The molecular weight excluding hydrogens is 551 g/mol. The minimum Gasteiger partial charge on any atom is -0.495 e. The van der Waals surface area contributed by atoms with Crippen molar-refractivity contribution in [3.05, 3.63) is 62.5 Å². The summed E-state index contributed by atoms with van der Waals surface area (Å²) in [4.78, 5) is 43.0. The van der Waals surface area contributed by atoms with Crippen molar-refractivity contribution < 1.29 is 27.8 Å². The largest absolute Gasteiger partial charge is 0.495 e. The molecule has 0 saturated carbocycles. The second-order valence-corrected chi connectivity index (χ2v) is 10.2. The molecule has 1 saturated heterocycles. The number of allylic oxidation sites excluding steroid dienone is 1. The third-order valence-corrected chi connectivity index (χ3v) is 6.48. The number of H-pyrrole nitrogens is 1. The average molecular weight is 576 g/mol. The van der Waals surface area contributed by atoms with Crippen molar-refractivity contribution >= 4 is 52.7 Å². The molecule has 13 heteroatoms. The van der Waals surface area contributed by atoms with Gasteiger partial charge < -0.3 is 19.4 Å². The Labute approximate surface area is 226 Å². The van der Waals surface area contributed by atoms with Crippen molar-refractivity contribution in [3.63, 3.8) is 0 Å². The lowest BCUT2D eigenvalue weighted by Gasteiger charge is -2.28. The summed E-state index contributed by atoms with van der Waals surface area (Å²) < 4.78 is 37.6. The Kier molecular flexibility index (Phi) is 9.14. The van der Waals surface area contributed by atoms with E-state index in [9.17, 15) is 23.2 Å². The Hall–Kier alpha value is -2.76. The van der Waals surface area contributed by atoms with Gasteiger partial charge in [-0.15, -0.1) is 11.8 Å². The number of carbonyl (C=O) groups excluding carboxylic acids is 2. The Morgan fingerprint density at radius 2 is 1.86 bits per heavy atom. The maximum Gasteiger partial charge on any atom is 0.414 e. The summed E-state index contributed by atoms with van der Waals surface area (Å²) in [5, 5.41) is -3.13. The van der Waals surface area contributed by atoms with Crippen molar-refractivity contribution in [2.24, 2.45) is 0 Å². The first-order valence-electron chi connectivity index (χ1n) is 11.0. The summed E-state index contributed by atoms with van der Waals surface area (Å²) >= 11 is 11.1. The van der Waals surface area contributed by atoms with Crippen LogP contribution in [0, 0.1) is 0 Å². The van der Waals surface area contributed by atoms with Crippen LogP contribution >= 0.6 is 35.0 Å². The molecule has 1 aromatic carbocycles. The monoisotopic (exact) mass is 575 g/mol. The summed E-state index contributed by atoms with van der Waals surface area (Å²) in [6.45, 7) is 6.25. The number of nitrogens with one attached hydrogen (secondary N) is 1. The first kappa shape index (κ1) is 28.8. The molecule has 0 aliphatic carbocycles. The van der Waals surface area contributed by atoms with Crippen molar-refractivity contribution in [1.29, 1.82) is 0 Å². The topological polar surface area (TPSA) is 91.9 Å². The first-order valence-corrected chi connectivity index (χ1v) is 13.0. The Balaban J connectivity index is 0.000000886. The molecule has 37 heavy (non-hydrogen) atoms. The van der Waals surface area contributed by atoms with Gasteiger partial charge in [-0.05, 0) is 60.5 Å². The van der Waals surface area contributed by atoms with E-state index in [2.05, 4.69) is 6.58 Å². The summed E-state index contributed by atoms with van der Waals surface area (Å²) in [5.74, 6) is -0.141. The highest BCUT2D eigenvalue weighted by Crippen LogP contribution is 2.38. The molecule has 0 spiro atoms. The zero-order valence-corrected chi connectivity index (χ0v) is 22.7. The number of alkyl halides is 3. The number of ether oxygens (including phenoxy) is 2. The number of fused-ring (bicyclic) bond motifs is 1. The fourth-order valence-corrected chi connectivity index (χ4v) is 4.64. The van der Waals surface area contributed by atoms with Crippen LogP contribution in [0.2, 0.25) is 0 Å². The summed E-state index contributed by atoms with van der Waals surface area (Å²) in [5.41, 5.74) is 0.164. The van der Waals surface area contributed by atoms with E-state index in [1.54, 1.807) is 25.3 Å². The number of pyridine rings is 1. The first-order chi connectivity index (χ1) is 17.4. The average Bonchev–Trinajstić information content (AvgIpc) is 3.24. The quantitative estimate of drug-likeness (QED) is 0.365. The lowest BCUT2D eigenvalue weighted by molar-refractivity contribution is 0.0740. The number of amides is 2. The summed E-state index contributed by atoms with van der Waals surface area (Å²) in [6, 6.07) is 4.53. The van der Waals surface area contributed by atoms with E-state index in [0.29, 0.717) is 36.0 Å². The van der Waals surface area contributed by atoms with Gasteiger partial charge in [-0.1, -0.05) is 18.2 Å². The molecular formula is C24H25Cl2F2N3O5S. The van der Waals surface area contributed by atoms with Crippen LogP contribution in [-0.4, -0.2) is 48.4 Å². The number of rotatable bonds is 5. The summed E-state index contributed by atoms with van der Waals surface area (Å²) in [6.07, 6.45) is 1.78. The molecule has 1 N–H and O–H groups in total. The number of hydrogen-bond donors (Lipinski definition) is 1. The van der Waals surface area contributed by atoms with E-state index in [4.69, 9.17) is 32.7 Å². The van der Waals surface area contributed by atoms with Crippen LogP contribution in [0.1, 0.15) is 40.5 Å². The van der Waals surface area contributed by atoms with E-state index in [-0.39, 0.29) is 23.5 Å². The second-order valence-electron chi connectivity index (χ2n) is 8.20. The molecule has 2 aliphatic rings. The molecule has 8 nitrogen and oxygen atoms in total. The van der Waals surface area contributed by atoms with E-state index >= 15 is 0 Å². The number of halogens is 4.